The summed E-state index contributed by atoms with van der Waals surface area (Å²) in [5.41, 5.74) is 7.28. The maximum atomic E-state index is 12.5. The van der Waals surface area contributed by atoms with Crippen LogP contribution >= 0.6 is 0 Å². The lowest BCUT2D eigenvalue weighted by Crippen LogP contribution is -2.20. The zero-order chi connectivity index (χ0) is 37.3. The number of nitrogens with zero attached hydrogens (tertiary/aromatic N) is 2. The Labute approximate surface area is 316 Å². The molecule has 1 atom stereocenters. The molecule has 2 aliphatic heterocycles. The van der Waals surface area contributed by atoms with Gasteiger partial charge in [-0.25, -0.2) is 0 Å². The number of anilines is 2. The number of ether oxygens (including phenoxy) is 6. The molecule has 0 radical (unpaired) electrons. The highest BCUT2D eigenvalue weighted by Gasteiger charge is 2.33. The fraction of sp³-hybridized carbons (Fsp3) is 0.364. The van der Waals surface area contributed by atoms with Gasteiger partial charge in [-0.15, -0.1) is 0 Å². The quantitative estimate of drug-likeness (QED) is 0.144. The second-order valence-electron chi connectivity index (χ2n) is 14.9. The van der Waals surface area contributed by atoms with Gasteiger partial charge in [0.25, 0.3) is 0 Å². The number of benzene rings is 4. The van der Waals surface area contributed by atoms with Gasteiger partial charge in [-0.3, -0.25) is 9.59 Å². The van der Waals surface area contributed by atoms with E-state index in [1.165, 1.54) is 0 Å². The van der Waals surface area contributed by atoms with Crippen molar-refractivity contribution < 1.29 is 38.0 Å². The maximum Gasteiger partial charge on any atom is 0.231 e. The first-order valence-electron chi connectivity index (χ1n) is 18.7. The summed E-state index contributed by atoms with van der Waals surface area (Å²) in [6, 6.07) is 22.0. The van der Waals surface area contributed by atoms with Crippen molar-refractivity contribution in [1.82, 2.24) is 0 Å². The van der Waals surface area contributed by atoms with Gasteiger partial charge in [-0.05, 0) is 97.0 Å². The van der Waals surface area contributed by atoms with Gasteiger partial charge in [0, 0.05) is 88.0 Å². The molecule has 2 heterocycles. The van der Waals surface area contributed by atoms with Crippen LogP contribution < -0.4 is 38.2 Å². The Bertz CT molecular complexity index is 2100. The molecule has 4 aromatic rings. The highest BCUT2D eigenvalue weighted by molar-refractivity contribution is 5.95. The number of allylic oxidation sites excluding steroid dienone is 1. The third-order valence-electron chi connectivity index (χ3n) is 10.1. The van der Waals surface area contributed by atoms with Gasteiger partial charge in [-0.2, -0.15) is 0 Å². The molecule has 3 aliphatic carbocycles. The molecule has 4 aromatic carbocycles. The van der Waals surface area contributed by atoms with E-state index in [0.29, 0.717) is 37.2 Å². The van der Waals surface area contributed by atoms with Gasteiger partial charge in [0.2, 0.25) is 13.6 Å². The lowest BCUT2D eigenvalue weighted by molar-refractivity contribution is -0.119. The predicted octanol–water partition coefficient (Wildman–Crippen LogP) is 7.52. The van der Waals surface area contributed by atoms with Crippen molar-refractivity contribution in [3.63, 3.8) is 0 Å². The molecule has 0 aromatic heterocycles. The number of rotatable bonds is 11. The van der Waals surface area contributed by atoms with E-state index in [1.807, 2.05) is 81.6 Å². The van der Waals surface area contributed by atoms with Crippen molar-refractivity contribution in [2.45, 2.75) is 63.1 Å². The molecule has 0 saturated heterocycles. The maximum absolute atomic E-state index is 12.5. The molecule has 10 nitrogen and oxygen atoms in total. The Morgan fingerprint density at radius 1 is 0.704 bits per heavy atom. The van der Waals surface area contributed by atoms with Gasteiger partial charge in [0.15, 0.2) is 28.8 Å². The summed E-state index contributed by atoms with van der Waals surface area (Å²) in [5, 5.41) is 0. The van der Waals surface area contributed by atoms with E-state index in [1.54, 1.807) is 6.08 Å². The van der Waals surface area contributed by atoms with Crippen molar-refractivity contribution in [1.29, 1.82) is 0 Å². The number of fused-ring (bicyclic) bond motifs is 3. The molecule has 54 heavy (non-hydrogen) atoms. The smallest absolute Gasteiger partial charge is 0.231 e. The van der Waals surface area contributed by atoms with Crippen LogP contribution in [0.1, 0.15) is 65.8 Å². The van der Waals surface area contributed by atoms with Gasteiger partial charge in [0.05, 0.1) is 12.2 Å². The van der Waals surface area contributed by atoms with Crippen LogP contribution in [0.4, 0.5) is 11.4 Å². The van der Waals surface area contributed by atoms with Crippen LogP contribution in [0.15, 0.2) is 72.8 Å². The average Bonchev–Trinajstić information content (AvgIpc) is 4.06. The van der Waals surface area contributed by atoms with Crippen molar-refractivity contribution in [3.8, 4) is 34.5 Å². The summed E-state index contributed by atoms with van der Waals surface area (Å²) < 4.78 is 34.0. The van der Waals surface area contributed by atoms with E-state index >= 15 is 0 Å². The van der Waals surface area contributed by atoms with Crippen LogP contribution in [0.5, 0.6) is 34.5 Å². The molecule has 10 heteroatoms. The molecule has 0 N–H and O–H groups in total. The number of Topliss-reactive ketones (excluding diaryl/α,β-unsaturated/α-hetero) is 1. The summed E-state index contributed by atoms with van der Waals surface area (Å²) in [4.78, 5) is 29.0. The second kappa shape index (κ2) is 15.0. The number of hydrogen-bond acceptors (Lipinski definition) is 10. The first kappa shape index (κ1) is 35.4. The SMILES string of the molecule is CN(C)c1ccc(/C=C/C(=O)Cc2ccc3c(c2)OCO3)c(OC2CC2)c1.CN(C)c1ccc(C2CC(=O)Cc3cc4c(cc32)OCO4)c(OC2CC2)c1. The molecule has 2 saturated carbocycles. The van der Waals surface area contributed by atoms with Crippen molar-refractivity contribution in [3.05, 3.63) is 101 Å². The number of hydrogen-bond donors (Lipinski definition) is 0. The van der Waals surface area contributed by atoms with Crippen LogP contribution in [-0.4, -0.2) is 65.6 Å². The highest BCUT2D eigenvalue weighted by atomic mass is 16.7. The highest BCUT2D eigenvalue weighted by Crippen LogP contribution is 2.46. The monoisotopic (exact) mass is 730 g/mol. The average molecular weight is 731 g/mol. The molecule has 280 valence electrons. The Morgan fingerprint density at radius 3 is 2.00 bits per heavy atom. The van der Waals surface area contributed by atoms with E-state index in [-0.39, 0.29) is 31.1 Å². The summed E-state index contributed by atoms with van der Waals surface area (Å²) >= 11 is 0. The van der Waals surface area contributed by atoms with Gasteiger partial charge in [0.1, 0.15) is 17.3 Å². The molecule has 1 unspecified atom stereocenters. The minimum absolute atomic E-state index is 0.0132. The zero-order valence-corrected chi connectivity index (χ0v) is 31.3. The van der Waals surface area contributed by atoms with Crippen LogP contribution in [0, 0.1) is 0 Å². The van der Waals surface area contributed by atoms with Crippen LogP contribution in [0.3, 0.4) is 0 Å². The number of ketones is 2. The van der Waals surface area contributed by atoms with Gasteiger partial charge < -0.3 is 38.2 Å². The molecule has 9 rings (SSSR count). The summed E-state index contributed by atoms with van der Waals surface area (Å²) in [6.45, 7) is 0.476. The molecule has 0 bridgehead atoms. The van der Waals surface area contributed by atoms with E-state index in [4.69, 9.17) is 28.4 Å². The topological polar surface area (TPSA) is 96.0 Å². The van der Waals surface area contributed by atoms with Crippen molar-refractivity contribution in [2.75, 3.05) is 51.6 Å². The first-order chi connectivity index (χ1) is 26.2. The fourth-order valence-electron chi connectivity index (χ4n) is 6.83. The van der Waals surface area contributed by atoms with Crippen LogP contribution in [-0.2, 0) is 22.4 Å². The minimum atomic E-state index is -0.0132. The van der Waals surface area contributed by atoms with E-state index < -0.39 is 0 Å². The third kappa shape index (κ3) is 8.12. The van der Waals surface area contributed by atoms with Gasteiger partial charge in [-0.1, -0.05) is 12.1 Å². The normalized spacial score (nSPS) is 17.8. The zero-order valence-electron chi connectivity index (χ0n) is 31.3. The van der Waals surface area contributed by atoms with Crippen LogP contribution in [0.25, 0.3) is 6.08 Å². The van der Waals surface area contributed by atoms with E-state index in [2.05, 4.69) is 29.2 Å². The Balaban J connectivity index is 0.000000153. The number of carbonyl (C=O) groups is 2. The molecule has 2 fully saturated rings. The number of carbonyl (C=O) groups excluding carboxylic acids is 2. The molecule has 0 amide bonds. The Morgan fingerprint density at radius 2 is 1.31 bits per heavy atom. The first-order valence-corrected chi connectivity index (χ1v) is 18.7. The molecule has 5 aliphatic rings. The summed E-state index contributed by atoms with van der Waals surface area (Å²) in [5.74, 6) is 4.92. The van der Waals surface area contributed by atoms with E-state index in [9.17, 15) is 9.59 Å². The molecule has 0 spiro atoms. The van der Waals surface area contributed by atoms with Crippen molar-refractivity contribution >= 4 is 29.0 Å². The lowest BCUT2D eigenvalue weighted by atomic mass is 9.77. The minimum Gasteiger partial charge on any atom is -0.490 e. The fourth-order valence-corrected chi connectivity index (χ4v) is 6.83. The predicted molar refractivity (Wildman–Crippen MR) is 207 cm³/mol. The second-order valence-corrected chi connectivity index (χ2v) is 14.9. The van der Waals surface area contributed by atoms with Crippen LogP contribution in [0.2, 0.25) is 0 Å². The lowest BCUT2D eigenvalue weighted by Gasteiger charge is -2.28. The molecular formula is C44H46N2O8. The van der Waals surface area contributed by atoms with Gasteiger partial charge >= 0.3 is 0 Å². The Hall–Kier alpha value is -5.64. The Kier molecular flexibility index (Phi) is 9.84. The summed E-state index contributed by atoms with van der Waals surface area (Å²) in [6.07, 6.45) is 9.73. The van der Waals surface area contributed by atoms with Crippen molar-refractivity contribution in [2.24, 2.45) is 0 Å². The third-order valence-corrected chi connectivity index (χ3v) is 10.1. The standard InChI is InChI=1S/2C22H23NO4/c1-23(2)14-3-6-17(20(9-14)27-16-4-5-16)19-10-15(24)7-13-8-21-22(11-18(13)19)26-12-25-21;1-23(2)17-6-4-16(21(13-17)27-19-8-9-19)5-7-18(24)11-15-3-10-20-22(12-15)26-14-25-20/h3,6,8-9,11,16,19H,4-5,7,10,12H2,1-2H3;3-7,10,12-13,19H,8-9,11,14H2,1-2H3/b;7-5+. The largest absolute Gasteiger partial charge is 0.490 e. The van der Waals surface area contributed by atoms with E-state index in [0.717, 1.165) is 93.6 Å². The molecular weight excluding hydrogens is 684 g/mol. The summed E-state index contributed by atoms with van der Waals surface area (Å²) in [7, 11) is 8.05.